The first kappa shape index (κ1) is 22.0. The molecule has 3 atom stereocenters. The van der Waals surface area contributed by atoms with Crippen molar-refractivity contribution in [3.63, 3.8) is 0 Å². The Morgan fingerprint density at radius 2 is 2.25 bits per heavy atom. The number of hydrogen-bond donors (Lipinski definition) is 3. The molecule has 2 heterocycles. The molecule has 1 amide bonds. The highest BCUT2D eigenvalue weighted by molar-refractivity contribution is 7.92. The Hall–Kier alpha value is -3.16. The molecule has 32 heavy (non-hydrogen) atoms. The van der Waals surface area contributed by atoms with Gasteiger partial charge in [0.05, 0.1) is 29.5 Å². The Bertz CT molecular complexity index is 1270. The predicted molar refractivity (Wildman–Crippen MR) is 123 cm³/mol. The van der Waals surface area contributed by atoms with E-state index in [1.165, 1.54) is 12.4 Å². The molecule has 2 unspecified atom stereocenters. The standard InChI is InChI=1S/C21H19ClFN7OS/c1-10(14-5-11(14)7-24)28-21(31)15-9-30(32-23)20-19(15)29-17(8-27-20)18(25)13-4-3-12(22)6-16(13)26-2/h3-4,6,8-11,14,25-26H,5H2,1-2H3,(H,28,31)/t10-,11?,14?/m1/s1. The molecule has 4 rings (SSSR count). The minimum atomic E-state index is -0.431. The molecule has 8 nitrogen and oxygen atoms in total. The topological polar surface area (TPSA) is 119 Å². The van der Waals surface area contributed by atoms with E-state index in [9.17, 15) is 8.68 Å². The van der Waals surface area contributed by atoms with Crippen LogP contribution in [0.2, 0.25) is 5.02 Å². The molecule has 0 radical (unpaired) electrons. The molecule has 164 valence electrons. The highest BCUT2D eigenvalue weighted by atomic mass is 35.5. The van der Waals surface area contributed by atoms with E-state index < -0.39 is 5.91 Å². The van der Waals surface area contributed by atoms with Gasteiger partial charge in [-0.2, -0.15) is 5.26 Å². The van der Waals surface area contributed by atoms with E-state index >= 15 is 0 Å². The molecule has 0 bridgehead atoms. The van der Waals surface area contributed by atoms with Crippen molar-refractivity contribution >= 4 is 52.4 Å². The van der Waals surface area contributed by atoms with Gasteiger partial charge in [0.1, 0.15) is 11.2 Å². The third kappa shape index (κ3) is 4.01. The molecule has 1 aromatic carbocycles. The minimum Gasteiger partial charge on any atom is -0.388 e. The summed E-state index contributed by atoms with van der Waals surface area (Å²) < 4.78 is 14.6. The Morgan fingerprint density at radius 1 is 1.47 bits per heavy atom. The van der Waals surface area contributed by atoms with Crippen LogP contribution in [0.3, 0.4) is 0 Å². The summed E-state index contributed by atoms with van der Waals surface area (Å²) in [4.78, 5) is 21.7. The predicted octanol–water partition coefficient (Wildman–Crippen LogP) is 4.20. The molecule has 0 aliphatic heterocycles. The number of carbonyl (C=O) groups is 1. The highest BCUT2D eigenvalue weighted by Gasteiger charge is 2.42. The van der Waals surface area contributed by atoms with E-state index in [4.69, 9.17) is 22.3 Å². The summed E-state index contributed by atoms with van der Waals surface area (Å²) in [5.41, 5.74) is 2.03. The summed E-state index contributed by atoms with van der Waals surface area (Å²) >= 11 is 5.95. The van der Waals surface area contributed by atoms with Gasteiger partial charge < -0.3 is 10.6 Å². The van der Waals surface area contributed by atoms with Crippen LogP contribution < -0.4 is 10.6 Å². The van der Waals surface area contributed by atoms with Crippen LogP contribution >= 0.6 is 23.9 Å². The summed E-state index contributed by atoms with van der Waals surface area (Å²) in [5, 5.41) is 24.0. The van der Waals surface area contributed by atoms with Gasteiger partial charge in [0.25, 0.3) is 5.91 Å². The Balaban J connectivity index is 1.69. The fraction of sp³-hybridized carbons (Fsp3) is 0.286. The second-order valence-electron chi connectivity index (χ2n) is 7.58. The van der Waals surface area contributed by atoms with Crippen LogP contribution in [-0.2, 0) is 0 Å². The van der Waals surface area contributed by atoms with E-state index in [1.807, 2.05) is 6.92 Å². The number of nitrogens with one attached hydrogen (secondary N) is 3. The van der Waals surface area contributed by atoms with Crippen molar-refractivity contribution in [2.24, 2.45) is 11.8 Å². The summed E-state index contributed by atoms with van der Waals surface area (Å²) in [5.74, 6) is -0.382. The average molecular weight is 472 g/mol. The van der Waals surface area contributed by atoms with Crippen LogP contribution in [0, 0.1) is 28.6 Å². The quantitative estimate of drug-likeness (QED) is 0.444. The maximum absolute atomic E-state index is 13.5. The SMILES string of the molecule is CNc1cc(Cl)ccc1C(=N)c1cnc2c(n1)c(C(=O)N[C@H](C)C1CC1C#N)cn2SF. The van der Waals surface area contributed by atoms with Gasteiger partial charge >= 0.3 is 0 Å². The van der Waals surface area contributed by atoms with Gasteiger partial charge in [0.2, 0.25) is 0 Å². The lowest BCUT2D eigenvalue weighted by molar-refractivity contribution is 0.0936. The van der Waals surface area contributed by atoms with Crippen molar-refractivity contribution in [3.8, 4) is 6.07 Å². The second-order valence-corrected chi connectivity index (χ2v) is 8.55. The summed E-state index contributed by atoms with van der Waals surface area (Å²) in [6.07, 6.45) is 3.45. The molecule has 0 spiro atoms. The van der Waals surface area contributed by atoms with Crippen molar-refractivity contribution in [1.29, 1.82) is 10.7 Å². The van der Waals surface area contributed by atoms with Crippen molar-refractivity contribution in [2.45, 2.75) is 19.4 Å². The van der Waals surface area contributed by atoms with E-state index in [-0.39, 0.29) is 58.3 Å². The van der Waals surface area contributed by atoms with Gasteiger partial charge in [-0.05, 0) is 37.5 Å². The molecule has 1 fully saturated rings. The monoisotopic (exact) mass is 471 g/mol. The number of nitriles is 1. The number of hydrogen-bond acceptors (Lipinski definition) is 7. The molecule has 3 aromatic rings. The van der Waals surface area contributed by atoms with Crippen LogP contribution in [0.25, 0.3) is 11.2 Å². The second kappa shape index (κ2) is 8.76. The Morgan fingerprint density at radius 3 is 2.91 bits per heavy atom. The molecule has 1 aliphatic carbocycles. The lowest BCUT2D eigenvalue weighted by Crippen LogP contribution is -2.34. The fourth-order valence-corrected chi connectivity index (χ4v) is 4.21. The van der Waals surface area contributed by atoms with E-state index in [1.54, 1.807) is 25.2 Å². The van der Waals surface area contributed by atoms with E-state index in [0.29, 0.717) is 16.3 Å². The number of benzene rings is 1. The van der Waals surface area contributed by atoms with Gasteiger partial charge in [-0.15, -0.1) is 3.89 Å². The largest absolute Gasteiger partial charge is 0.388 e. The van der Waals surface area contributed by atoms with Gasteiger partial charge in [0.15, 0.2) is 18.0 Å². The van der Waals surface area contributed by atoms with Gasteiger partial charge in [-0.3, -0.25) is 10.2 Å². The number of nitrogens with zero attached hydrogens (tertiary/aromatic N) is 4. The van der Waals surface area contributed by atoms with Crippen molar-refractivity contribution < 1.29 is 8.68 Å². The number of anilines is 1. The summed E-state index contributed by atoms with van der Waals surface area (Å²) in [6.45, 7) is 1.84. The lowest BCUT2D eigenvalue weighted by Gasteiger charge is -2.12. The average Bonchev–Trinajstić information content (AvgIpc) is 3.51. The van der Waals surface area contributed by atoms with Crippen LogP contribution in [0.15, 0.2) is 30.6 Å². The number of fused-ring (bicyclic) bond motifs is 1. The Labute approximate surface area is 193 Å². The fourth-order valence-electron chi connectivity index (χ4n) is 3.69. The first-order valence-corrected chi connectivity index (χ1v) is 10.9. The number of aromatic nitrogens is 3. The third-order valence-electron chi connectivity index (χ3n) is 5.57. The third-order valence-corrected chi connectivity index (χ3v) is 6.23. The lowest BCUT2D eigenvalue weighted by atomic mass is 10.1. The zero-order valence-electron chi connectivity index (χ0n) is 17.2. The van der Waals surface area contributed by atoms with Crippen LogP contribution in [0.5, 0.6) is 0 Å². The molecule has 11 heteroatoms. The molecular weight excluding hydrogens is 453 g/mol. The zero-order chi connectivity index (χ0) is 23.0. The van der Waals surface area contributed by atoms with E-state index in [0.717, 1.165) is 10.4 Å². The Kier molecular flexibility index (Phi) is 6.04. The molecule has 0 saturated heterocycles. The van der Waals surface area contributed by atoms with E-state index in [2.05, 4.69) is 26.7 Å². The number of amides is 1. The molecule has 1 aliphatic rings. The van der Waals surface area contributed by atoms with Gasteiger partial charge in [-0.25, -0.2) is 13.9 Å². The molecule has 2 aromatic heterocycles. The van der Waals surface area contributed by atoms with Crippen molar-refractivity contribution in [2.75, 3.05) is 12.4 Å². The molecule has 1 saturated carbocycles. The zero-order valence-corrected chi connectivity index (χ0v) is 18.8. The number of halogens is 2. The summed E-state index contributed by atoms with van der Waals surface area (Å²) in [7, 11) is 1.72. The number of carbonyl (C=O) groups excluding carboxylic acids is 1. The van der Waals surface area contributed by atoms with Crippen LogP contribution in [0.4, 0.5) is 9.57 Å². The van der Waals surface area contributed by atoms with Crippen molar-refractivity contribution in [1.82, 2.24) is 19.3 Å². The summed E-state index contributed by atoms with van der Waals surface area (Å²) in [6, 6.07) is 7.06. The highest BCUT2D eigenvalue weighted by Crippen LogP contribution is 2.40. The van der Waals surface area contributed by atoms with Crippen LogP contribution in [0.1, 0.15) is 35.0 Å². The number of rotatable bonds is 7. The first-order valence-electron chi connectivity index (χ1n) is 9.82. The van der Waals surface area contributed by atoms with Crippen molar-refractivity contribution in [3.05, 3.63) is 52.4 Å². The first-order chi connectivity index (χ1) is 15.4. The maximum Gasteiger partial charge on any atom is 0.255 e. The maximum atomic E-state index is 13.5. The molecule has 3 N–H and O–H groups in total. The normalized spacial score (nSPS) is 18.1. The molecular formula is C21H19ClFN7OS. The van der Waals surface area contributed by atoms with Gasteiger partial charge in [-0.1, -0.05) is 11.6 Å². The van der Waals surface area contributed by atoms with Gasteiger partial charge in [0, 0.05) is 35.6 Å². The van der Waals surface area contributed by atoms with Crippen LogP contribution in [-0.4, -0.2) is 38.6 Å². The minimum absolute atomic E-state index is 0.0550. The smallest absolute Gasteiger partial charge is 0.255 e.